The van der Waals surface area contributed by atoms with Crippen molar-refractivity contribution in [1.82, 2.24) is 0 Å². The first kappa shape index (κ1) is 26.8. The third-order valence-corrected chi connectivity index (χ3v) is 7.90. The number of rotatable bonds is 6. The Balaban J connectivity index is 1.81. The third kappa shape index (κ3) is 4.76. The number of hydrogen-bond donors (Lipinski definition) is 2. The van der Waals surface area contributed by atoms with Crippen LogP contribution in [0, 0.1) is 10.1 Å². The summed E-state index contributed by atoms with van der Waals surface area (Å²) in [6.45, 7) is 0. The molecule has 14 heteroatoms. The molecule has 1 aliphatic heterocycles. The van der Waals surface area contributed by atoms with E-state index in [0.29, 0.717) is 5.56 Å². The highest BCUT2D eigenvalue weighted by Crippen LogP contribution is 2.39. The van der Waals surface area contributed by atoms with E-state index in [0.717, 1.165) is 17.0 Å². The number of amidine groups is 1. The van der Waals surface area contributed by atoms with Crippen LogP contribution in [0.2, 0.25) is 0 Å². The SMILES string of the molecule is O=C1C(=Cc2ccccc2[N+](=O)[O-])N=C(c2ccccc2)N1c1ccc2c(S(=O)(=O)O)cccc2c1S(=O)(=O)O. The van der Waals surface area contributed by atoms with Crippen LogP contribution >= 0.6 is 0 Å². The lowest BCUT2D eigenvalue weighted by Crippen LogP contribution is -2.34. The molecule has 0 saturated carbocycles. The van der Waals surface area contributed by atoms with Crippen LogP contribution in [-0.2, 0) is 25.0 Å². The minimum Gasteiger partial charge on any atom is -0.282 e. The predicted molar refractivity (Wildman–Crippen MR) is 145 cm³/mol. The van der Waals surface area contributed by atoms with Gasteiger partial charge in [-0.05, 0) is 24.3 Å². The van der Waals surface area contributed by atoms with Crippen LogP contribution < -0.4 is 4.90 Å². The first-order valence-electron chi connectivity index (χ1n) is 11.3. The number of amides is 1. The summed E-state index contributed by atoms with van der Waals surface area (Å²) in [5.74, 6) is -0.919. The lowest BCUT2D eigenvalue weighted by Gasteiger charge is -2.22. The molecule has 1 amide bonds. The second kappa shape index (κ2) is 9.77. The minimum atomic E-state index is -5.12. The number of nitro groups is 1. The number of fused-ring (bicyclic) bond motifs is 1. The van der Waals surface area contributed by atoms with Crippen LogP contribution in [0.15, 0.2) is 105 Å². The van der Waals surface area contributed by atoms with Gasteiger partial charge in [0, 0.05) is 22.4 Å². The molecule has 5 rings (SSSR count). The maximum Gasteiger partial charge on any atom is 0.297 e. The van der Waals surface area contributed by atoms with E-state index >= 15 is 0 Å². The van der Waals surface area contributed by atoms with Gasteiger partial charge in [0.05, 0.1) is 16.2 Å². The Morgan fingerprint density at radius 2 is 1.48 bits per heavy atom. The van der Waals surface area contributed by atoms with Gasteiger partial charge in [0.2, 0.25) is 0 Å². The molecule has 0 saturated heterocycles. The van der Waals surface area contributed by atoms with Crippen LogP contribution in [0.25, 0.3) is 16.8 Å². The van der Waals surface area contributed by atoms with E-state index in [1.807, 2.05) is 0 Å². The maximum atomic E-state index is 13.8. The Labute approximate surface area is 227 Å². The molecule has 0 unspecified atom stereocenters. The molecule has 0 aliphatic carbocycles. The van der Waals surface area contributed by atoms with E-state index in [2.05, 4.69) is 4.99 Å². The molecule has 0 bridgehead atoms. The van der Waals surface area contributed by atoms with Gasteiger partial charge in [0.15, 0.2) is 0 Å². The molecular weight excluding hydrogens is 562 g/mol. The molecule has 40 heavy (non-hydrogen) atoms. The monoisotopic (exact) mass is 579 g/mol. The van der Waals surface area contributed by atoms with Crippen molar-refractivity contribution < 1.29 is 35.7 Å². The van der Waals surface area contributed by atoms with E-state index in [1.165, 1.54) is 48.5 Å². The zero-order valence-corrected chi connectivity index (χ0v) is 21.7. The van der Waals surface area contributed by atoms with Gasteiger partial charge < -0.3 is 0 Å². The second-order valence-electron chi connectivity index (χ2n) is 8.50. The molecule has 0 fully saturated rings. The quantitative estimate of drug-likeness (QED) is 0.147. The van der Waals surface area contributed by atoms with Gasteiger partial charge in [0.25, 0.3) is 31.8 Å². The fourth-order valence-corrected chi connectivity index (χ4v) is 5.99. The average molecular weight is 580 g/mol. The third-order valence-electron chi connectivity index (χ3n) is 6.05. The molecule has 0 radical (unpaired) electrons. The number of nitro benzene ring substituents is 1. The summed E-state index contributed by atoms with van der Waals surface area (Å²) in [5, 5.41) is 11.0. The number of aliphatic imine (C=N–C) groups is 1. The Kier molecular flexibility index (Phi) is 6.55. The van der Waals surface area contributed by atoms with Gasteiger partial charge >= 0.3 is 0 Å². The summed E-state index contributed by atoms with van der Waals surface area (Å²) >= 11 is 0. The fourth-order valence-electron chi connectivity index (χ4n) is 4.41. The molecule has 4 aromatic rings. The van der Waals surface area contributed by atoms with Gasteiger partial charge in [-0.25, -0.2) is 4.99 Å². The Morgan fingerprint density at radius 1 is 0.800 bits per heavy atom. The van der Waals surface area contributed by atoms with Gasteiger partial charge in [-0.15, -0.1) is 0 Å². The van der Waals surface area contributed by atoms with Crippen molar-refractivity contribution in [3.63, 3.8) is 0 Å². The van der Waals surface area contributed by atoms with E-state index in [4.69, 9.17) is 0 Å². The Hall–Kier alpha value is -4.76. The van der Waals surface area contributed by atoms with Crippen molar-refractivity contribution in [2.45, 2.75) is 9.79 Å². The molecule has 4 aromatic carbocycles. The normalized spacial score (nSPS) is 15.1. The molecule has 1 aliphatic rings. The molecule has 1 heterocycles. The first-order valence-corrected chi connectivity index (χ1v) is 14.2. The summed E-state index contributed by atoms with van der Waals surface area (Å²) in [6.07, 6.45) is 1.19. The standard InChI is InChI=1S/C26H17N3O9S2/c30-26-20(15-17-9-4-5-11-21(17)29(31)32)27-25(16-7-2-1-3-8-16)28(26)22-14-13-18-19(24(22)40(36,37)38)10-6-12-23(18)39(33,34)35/h1-15H,(H,33,34,35)(H,36,37,38). The molecule has 0 spiro atoms. The smallest absolute Gasteiger partial charge is 0.282 e. The number of para-hydroxylation sites is 1. The molecule has 12 nitrogen and oxygen atoms in total. The first-order chi connectivity index (χ1) is 18.9. The summed E-state index contributed by atoms with van der Waals surface area (Å²) in [5.41, 5.74) is -0.475. The lowest BCUT2D eigenvalue weighted by atomic mass is 10.1. The van der Waals surface area contributed by atoms with E-state index < -0.39 is 40.9 Å². The van der Waals surface area contributed by atoms with Crippen molar-refractivity contribution in [1.29, 1.82) is 0 Å². The molecule has 0 atom stereocenters. The largest absolute Gasteiger partial charge is 0.297 e. The van der Waals surface area contributed by atoms with Crippen LogP contribution in [0.4, 0.5) is 11.4 Å². The highest BCUT2D eigenvalue weighted by Gasteiger charge is 2.37. The number of carbonyl (C=O) groups is 1. The zero-order chi connectivity index (χ0) is 28.8. The summed E-state index contributed by atoms with van der Waals surface area (Å²) in [6, 6.07) is 19.5. The average Bonchev–Trinajstić information content (AvgIpc) is 3.22. The second-order valence-corrected chi connectivity index (χ2v) is 11.3. The molecule has 202 valence electrons. The Bertz CT molecular complexity index is 2000. The van der Waals surface area contributed by atoms with E-state index in [9.17, 15) is 40.8 Å². The lowest BCUT2D eigenvalue weighted by molar-refractivity contribution is -0.385. The van der Waals surface area contributed by atoms with Crippen molar-refractivity contribution >= 4 is 60.2 Å². The predicted octanol–water partition coefficient (Wildman–Crippen LogP) is 4.08. The minimum absolute atomic E-state index is 0.0504. The van der Waals surface area contributed by atoms with Gasteiger partial charge in [-0.1, -0.05) is 60.7 Å². The molecule has 2 N–H and O–H groups in total. The topological polar surface area (TPSA) is 185 Å². The maximum absolute atomic E-state index is 13.8. The zero-order valence-electron chi connectivity index (χ0n) is 20.1. The fraction of sp³-hybridized carbons (Fsp3) is 0. The summed E-state index contributed by atoms with van der Waals surface area (Å²) < 4.78 is 69.2. The number of benzene rings is 4. The van der Waals surface area contributed by atoms with Crippen molar-refractivity contribution in [2.75, 3.05) is 4.90 Å². The van der Waals surface area contributed by atoms with Crippen LogP contribution in [0.1, 0.15) is 11.1 Å². The van der Waals surface area contributed by atoms with E-state index in [-0.39, 0.29) is 39.2 Å². The van der Waals surface area contributed by atoms with Crippen LogP contribution in [0.5, 0.6) is 0 Å². The van der Waals surface area contributed by atoms with E-state index in [1.54, 1.807) is 30.3 Å². The summed E-state index contributed by atoms with van der Waals surface area (Å²) in [7, 11) is -9.90. The number of hydrogen-bond acceptors (Lipinski definition) is 8. The highest BCUT2D eigenvalue weighted by atomic mass is 32.2. The number of anilines is 1. The highest BCUT2D eigenvalue weighted by molar-refractivity contribution is 7.86. The molecule has 0 aromatic heterocycles. The van der Waals surface area contributed by atoms with Crippen LogP contribution in [-0.4, -0.2) is 42.6 Å². The van der Waals surface area contributed by atoms with Crippen molar-refractivity contribution in [3.8, 4) is 0 Å². The summed E-state index contributed by atoms with van der Waals surface area (Å²) in [4.78, 5) is 28.5. The number of nitrogens with zero attached hydrogens (tertiary/aromatic N) is 3. The van der Waals surface area contributed by atoms with Crippen molar-refractivity contribution in [2.24, 2.45) is 4.99 Å². The Morgan fingerprint density at radius 3 is 2.12 bits per heavy atom. The van der Waals surface area contributed by atoms with Gasteiger partial charge in [0.1, 0.15) is 21.3 Å². The van der Waals surface area contributed by atoms with Gasteiger partial charge in [-0.3, -0.25) is 28.9 Å². The van der Waals surface area contributed by atoms with Gasteiger partial charge in [-0.2, -0.15) is 16.8 Å². The van der Waals surface area contributed by atoms with Crippen molar-refractivity contribution in [3.05, 3.63) is 112 Å². The van der Waals surface area contributed by atoms with Crippen LogP contribution in [0.3, 0.4) is 0 Å². The molecular formula is C26H17N3O9S2. The number of carbonyl (C=O) groups excluding carboxylic acids is 1.